The Kier molecular flexibility index (Phi) is 4.46. The first kappa shape index (κ1) is 11.0. The fraction of sp³-hybridized carbons (Fsp3) is 0.400. The summed E-state index contributed by atoms with van der Waals surface area (Å²) in [7, 11) is -2.23. The van der Waals surface area contributed by atoms with E-state index in [1.54, 1.807) is 0 Å². The van der Waals surface area contributed by atoms with Crippen LogP contribution >= 0.6 is 0 Å². The monoisotopic (exact) mass is 213 g/mol. The molecule has 0 fully saturated rings. The Labute approximate surface area is 86.1 Å². The minimum atomic E-state index is -2.23. The number of thiol groups is 1. The molecule has 0 amide bonds. The van der Waals surface area contributed by atoms with Crippen LogP contribution in [0.2, 0.25) is 0 Å². The Balaban J connectivity index is 2.28. The van der Waals surface area contributed by atoms with Gasteiger partial charge in [0.2, 0.25) is 0 Å². The third-order valence-corrected chi connectivity index (χ3v) is 2.58. The van der Waals surface area contributed by atoms with Gasteiger partial charge in [-0.2, -0.15) is 0 Å². The molecular formula is C10H15NO2S. The Morgan fingerprint density at radius 3 is 2.43 bits per heavy atom. The predicted molar refractivity (Wildman–Crippen MR) is 59.5 cm³/mol. The van der Waals surface area contributed by atoms with Crippen molar-refractivity contribution >= 4 is 16.4 Å². The number of hydrogen-bond donors (Lipinski definition) is 2. The van der Waals surface area contributed by atoms with Gasteiger partial charge in [0.05, 0.1) is 0 Å². The van der Waals surface area contributed by atoms with Crippen molar-refractivity contribution in [3.63, 3.8) is 0 Å². The first-order valence-electron chi connectivity index (χ1n) is 4.61. The van der Waals surface area contributed by atoms with E-state index in [4.69, 9.17) is 0 Å². The molecule has 1 aromatic carbocycles. The fourth-order valence-corrected chi connectivity index (χ4v) is 1.53. The highest BCUT2D eigenvalue weighted by Crippen LogP contribution is 2.07. The summed E-state index contributed by atoms with van der Waals surface area (Å²) >= 11 is 0. The second-order valence-corrected chi connectivity index (χ2v) is 4.32. The van der Waals surface area contributed by atoms with Crippen LogP contribution in [0.5, 0.6) is 0 Å². The zero-order valence-electron chi connectivity index (χ0n) is 8.19. The van der Waals surface area contributed by atoms with Gasteiger partial charge in [-0.05, 0) is 25.5 Å². The minimum Gasteiger partial charge on any atom is -0.385 e. The molecule has 0 atom stereocenters. The van der Waals surface area contributed by atoms with E-state index in [0.717, 1.165) is 5.69 Å². The largest absolute Gasteiger partial charge is 0.385 e. The van der Waals surface area contributed by atoms with E-state index in [1.165, 1.54) is 5.56 Å². The molecule has 1 rings (SSSR count). The van der Waals surface area contributed by atoms with Crippen molar-refractivity contribution in [2.24, 2.45) is 0 Å². The molecule has 0 aliphatic heterocycles. The summed E-state index contributed by atoms with van der Waals surface area (Å²) in [6.45, 7) is 2.73. The number of benzene rings is 1. The van der Waals surface area contributed by atoms with Crippen molar-refractivity contribution in [3.05, 3.63) is 29.8 Å². The van der Waals surface area contributed by atoms with E-state index < -0.39 is 10.7 Å². The van der Waals surface area contributed by atoms with Crippen LogP contribution in [0, 0.1) is 6.92 Å². The van der Waals surface area contributed by atoms with Crippen LogP contribution in [-0.4, -0.2) is 20.7 Å². The SMILES string of the molecule is Cc1ccc(NCCC[SH](=O)=O)cc1. The Bertz CT molecular complexity index is 336. The van der Waals surface area contributed by atoms with Crippen molar-refractivity contribution in [3.8, 4) is 0 Å². The molecule has 1 aromatic rings. The molecule has 0 aliphatic carbocycles. The van der Waals surface area contributed by atoms with E-state index in [9.17, 15) is 8.42 Å². The molecule has 0 heterocycles. The lowest BCUT2D eigenvalue weighted by atomic mass is 10.2. The molecule has 0 bridgehead atoms. The van der Waals surface area contributed by atoms with Gasteiger partial charge in [-0.25, -0.2) is 8.42 Å². The summed E-state index contributed by atoms with van der Waals surface area (Å²) in [6.07, 6.45) is 0.659. The highest BCUT2D eigenvalue weighted by atomic mass is 32.2. The number of anilines is 1. The van der Waals surface area contributed by atoms with Gasteiger partial charge in [-0.3, -0.25) is 0 Å². The molecule has 0 radical (unpaired) electrons. The summed E-state index contributed by atoms with van der Waals surface area (Å²) in [5.41, 5.74) is 2.26. The smallest absolute Gasteiger partial charge is 0.140 e. The Hall–Kier alpha value is -1.03. The quantitative estimate of drug-likeness (QED) is 0.574. The van der Waals surface area contributed by atoms with Crippen LogP contribution in [0.25, 0.3) is 0 Å². The van der Waals surface area contributed by atoms with Gasteiger partial charge in [0.25, 0.3) is 0 Å². The molecule has 0 saturated carbocycles. The summed E-state index contributed by atoms with van der Waals surface area (Å²) < 4.78 is 20.5. The molecule has 14 heavy (non-hydrogen) atoms. The molecule has 0 aliphatic rings. The van der Waals surface area contributed by atoms with Gasteiger partial charge < -0.3 is 5.32 Å². The maximum absolute atomic E-state index is 10.3. The third kappa shape index (κ3) is 4.28. The van der Waals surface area contributed by atoms with Crippen LogP contribution < -0.4 is 5.32 Å². The lowest BCUT2D eigenvalue weighted by molar-refractivity contribution is 0.612. The topological polar surface area (TPSA) is 46.2 Å². The number of nitrogens with one attached hydrogen (secondary N) is 1. The highest BCUT2D eigenvalue weighted by Gasteiger charge is 1.91. The zero-order valence-corrected chi connectivity index (χ0v) is 9.09. The van der Waals surface area contributed by atoms with E-state index in [1.807, 2.05) is 31.2 Å². The first-order chi connectivity index (χ1) is 6.68. The number of rotatable bonds is 5. The van der Waals surface area contributed by atoms with Gasteiger partial charge in [0.1, 0.15) is 10.7 Å². The molecular weight excluding hydrogens is 198 g/mol. The van der Waals surface area contributed by atoms with Crippen LogP contribution in [0.4, 0.5) is 5.69 Å². The van der Waals surface area contributed by atoms with E-state index in [2.05, 4.69) is 5.32 Å². The maximum atomic E-state index is 10.3. The molecule has 0 saturated heterocycles. The normalized spacial score (nSPS) is 10.4. The minimum absolute atomic E-state index is 0.258. The van der Waals surface area contributed by atoms with Crippen LogP contribution in [-0.2, 0) is 10.7 Å². The summed E-state index contributed by atoms with van der Waals surface area (Å²) in [6, 6.07) is 8.03. The van der Waals surface area contributed by atoms with Gasteiger partial charge in [0, 0.05) is 18.0 Å². The van der Waals surface area contributed by atoms with Crippen molar-refractivity contribution in [1.29, 1.82) is 0 Å². The predicted octanol–water partition coefficient (Wildman–Crippen LogP) is 1.41. The van der Waals surface area contributed by atoms with Crippen LogP contribution in [0.3, 0.4) is 0 Å². The zero-order chi connectivity index (χ0) is 10.4. The first-order valence-corrected chi connectivity index (χ1v) is 5.97. The van der Waals surface area contributed by atoms with Crippen molar-refractivity contribution in [2.75, 3.05) is 17.6 Å². The highest BCUT2D eigenvalue weighted by molar-refractivity contribution is 7.72. The lowest BCUT2D eigenvalue weighted by Gasteiger charge is -2.04. The van der Waals surface area contributed by atoms with Crippen LogP contribution in [0.15, 0.2) is 24.3 Å². The van der Waals surface area contributed by atoms with Gasteiger partial charge in [-0.15, -0.1) is 0 Å². The van der Waals surface area contributed by atoms with Crippen LogP contribution in [0.1, 0.15) is 12.0 Å². The van der Waals surface area contributed by atoms with E-state index in [0.29, 0.717) is 13.0 Å². The summed E-state index contributed by atoms with van der Waals surface area (Å²) in [4.78, 5) is 0. The molecule has 78 valence electrons. The molecule has 3 nitrogen and oxygen atoms in total. The number of hydrogen-bond acceptors (Lipinski definition) is 3. The van der Waals surface area contributed by atoms with E-state index in [-0.39, 0.29) is 5.75 Å². The second kappa shape index (κ2) is 5.65. The standard InChI is InChI=1S/C10H15NO2S/c1-9-3-5-10(6-4-9)11-7-2-8-14(12)13/h3-6,11,14H,2,7-8H2,1H3. The fourth-order valence-electron chi connectivity index (χ4n) is 1.11. The Morgan fingerprint density at radius 1 is 1.21 bits per heavy atom. The third-order valence-electron chi connectivity index (χ3n) is 1.90. The molecule has 4 heteroatoms. The average Bonchev–Trinajstić information content (AvgIpc) is 2.15. The van der Waals surface area contributed by atoms with Gasteiger partial charge in [-0.1, -0.05) is 17.7 Å². The molecule has 1 N–H and O–H groups in total. The van der Waals surface area contributed by atoms with Gasteiger partial charge >= 0.3 is 0 Å². The van der Waals surface area contributed by atoms with Gasteiger partial charge in [0.15, 0.2) is 0 Å². The van der Waals surface area contributed by atoms with Crippen molar-refractivity contribution < 1.29 is 8.42 Å². The average molecular weight is 213 g/mol. The lowest BCUT2D eigenvalue weighted by Crippen LogP contribution is -2.04. The summed E-state index contributed by atoms with van der Waals surface area (Å²) in [5, 5.41) is 3.16. The number of aryl methyl sites for hydroxylation is 1. The second-order valence-electron chi connectivity index (χ2n) is 3.20. The molecule has 0 unspecified atom stereocenters. The van der Waals surface area contributed by atoms with E-state index >= 15 is 0 Å². The van der Waals surface area contributed by atoms with Crippen molar-refractivity contribution in [2.45, 2.75) is 13.3 Å². The Morgan fingerprint density at radius 2 is 1.86 bits per heavy atom. The summed E-state index contributed by atoms with van der Waals surface area (Å²) in [5.74, 6) is 0.258. The van der Waals surface area contributed by atoms with Crippen molar-refractivity contribution in [1.82, 2.24) is 0 Å². The molecule has 0 spiro atoms. The molecule has 0 aromatic heterocycles. The maximum Gasteiger partial charge on any atom is 0.140 e.